The molecule has 1 aromatic heterocycles. The zero-order valence-electron chi connectivity index (χ0n) is 13.7. The average molecular weight is 411 g/mol. The van der Waals surface area contributed by atoms with Gasteiger partial charge in [-0.15, -0.1) is 0 Å². The molecule has 3 aromatic rings. The van der Waals surface area contributed by atoms with Crippen LogP contribution in [0.5, 0.6) is 0 Å². The molecule has 0 N–H and O–H groups in total. The van der Waals surface area contributed by atoms with Gasteiger partial charge < -0.3 is 4.42 Å². The van der Waals surface area contributed by atoms with Crippen molar-refractivity contribution >= 4 is 44.3 Å². The highest BCUT2D eigenvalue weighted by Crippen LogP contribution is 2.35. The minimum absolute atomic E-state index is 0.0551. The van der Waals surface area contributed by atoms with Crippen LogP contribution in [0.3, 0.4) is 0 Å². The highest BCUT2D eigenvalue weighted by molar-refractivity contribution is 7.89. The van der Waals surface area contributed by atoms with Crippen molar-refractivity contribution in [2.24, 2.45) is 0 Å². The first-order valence-electron chi connectivity index (χ1n) is 8.26. The first-order chi connectivity index (χ1) is 12.4. The van der Waals surface area contributed by atoms with Crippen LogP contribution in [-0.2, 0) is 10.0 Å². The van der Waals surface area contributed by atoms with E-state index in [4.69, 9.17) is 27.6 Å². The van der Waals surface area contributed by atoms with Gasteiger partial charge >= 0.3 is 0 Å². The smallest absolute Gasteiger partial charge is 0.243 e. The Morgan fingerprint density at radius 3 is 2.46 bits per heavy atom. The van der Waals surface area contributed by atoms with Crippen LogP contribution in [0.1, 0.15) is 24.7 Å². The quantitative estimate of drug-likeness (QED) is 0.627. The van der Waals surface area contributed by atoms with Crippen molar-refractivity contribution in [1.29, 1.82) is 0 Å². The van der Waals surface area contributed by atoms with Crippen molar-refractivity contribution in [2.45, 2.75) is 23.7 Å². The van der Waals surface area contributed by atoms with Gasteiger partial charge in [-0.1, -0.05) is 41.4 Å². The van der Waals surface area contributed by atoms with Crippen LogP contribution in [0.2, 0.25) is 10.0 Å². The van der Waals surface area contributed by atoms with Crippen LogP contribution in [0.15, 0.2) is 51.8 Å². The van der Waals surface area contributed by atoms with E-state index in [-0.39, 0.29) is 5.92 Å². The summed E-state index contributed by atoms with van der Waals surface area (Å²) in [7, 11) is -3.46. The molecule has 2 heterocycles. The Morgan fingerprint density at radius 1 is 1.08 bits per heavy atom. The van der Waals surface area contributed by atoms with Gasteiger partial charge in [-0.25, -0.2) is 13.4 Å². The molecule has 1 aliphatic heterocycles. The van der Waals surface area contributed by atoms with E-state index in [1.807, 2.05) is 0 Å². The van der Waals surface area contributed by atoms with Gasteiger partial charge in [0, 0.05) is 24.0 Å². The van der Waals surface area contributed by atoms with E-state index in [0.29, 0.717) is 57.9 Å². The summed E-state index contributed by atoms with van der Waals surface area (Å²) in [6.07, 6.45) is 1.29. The lowest BCUT2D eigenvalue weighted by atomic mass is 9.98. The zero-order valence-corrected chi connectivity index (χ0v) is 16.1. The molecule has 1 saturated heterocycles. The standard InChI is InChI=1S/C18H16Cl2N2O3S/c19-13-10-15(20)17-16(11-13)21-18(25-17)12-6-8-22(9-7-12)26(23,24)14-4-2-1-3-5-14/h1-5,10-12H,6-9H2. The molecule has 1 aliphatic rings. The average Bonchev–Trinajstić information content (AvgIpc) is 3.07. The lowest BCUT2D eigenvalue weighted by Crippen LogP contribution is -2.37. The molecule has 2 aromatic carbocycles. The predicted octanol–water partition coefficient (Wildman–Crippen LogP) is 4.70. The van der Waals surface area contributed by atoms with E-state index in [1.54, 1.807) is 42.5 Å². The van der Waals surface area contributed by atoms with Gasteiger partial charge in [0.1, 0.15) is 5.52 Å². The lowest BCUT2D eigenvalue weighted by Gasteiger charge is -2.29. The maximum absolute atomic E-state index is 12.7. The summed E-state index contributed by atoms with van der Waals surface area (Å²) in [6, 6.07) is 11.8. The summed E-state index contributed by atoms with van der Waals surface area (Å²) < 4.78 is 32.8. The van der Waals surface area contributed by atoms with E-state index in [2.05, 4.69) is 4.98 Å². The second-order valence-corrected chi connectivity index (χ2v) is 9.06. The second-order valence-electron chi connectivity index (χ2n) is 6.28. The molecule has 0 unspecified atom stereocenters. The van der Waals surface area contributed by atoms with E-state index in [0.717, 1.165) is 0 Å². The summed E-state index contributed by atoms with van der Waals surface area (Å²) in [5, 5.41) is 0.932. The third kappa shape index (κ3) is 3.22. The van der Waals surface area contributed by atoms with E-state index >= 15 is 0 Å². The van der Waals surface area contributed by atoms with Crippen molar-refractivity contribution in [3.8, 4) is 0 Å². The lowest BCUT2D eigenvalue weighted by molar-refractivity contribution is 0.293. The highest BCUT2D eigenvalue weighted by Gasteiger charge is 2.31. The summed E-state index contributed by atoms with van der Waals surface area (Å²) in [5.41, 5.74) is 1.14. The van der Waals surface area contributed by atoms with Crippen LogP contribution >= 0.6 is 23.2 Å². The Labute approximate surface area is 161 Å². The van der Waals surface area contributed by atoms with Gasteiger partial charge in [0.05, 0.1) is 9.92 Å². The van der Waals surface area contributed by atoms with Crippen molar-refractivity contribution in [3.63, 3.8) is 0 Å². The fourth-order valence-electron chi connectivity index (χ4n) is 3.24. The van der Waals surface area contributed by atoms with Crippen LogP contribution < -0.4 is 0 Å². The molecule has 0 spiro atoms. The van der Waals surface area contributed by atoms with Gasteiger partial charge in [0.25, 0.3) is 0 Å². The number of benzene rings is 2. The number of oxazole rings is 1. The third-order valence-electron chi connectivity index (χ3n) is 4.61. The Bertz CT molecular complexity index is 1040. The SMILES string of the molecule is O=S(=O)(c1ccccc1)N1CCC(c2nc3cc(Cl)cc(Cl)c3o2)CC1. The molecular formula is C18H16Cl2N2O3S. The van der Waals surface area contributed by atoms with Crippen LogP contribution in [0.4, 0.5) is 0 Å². The third-order valence-corrected chi connectivity index (χ3v) is 7.02. The molecule has 8 heteroatoms. The molecule has 4 rings (SSSR count). The Balaban J connectivity index is 1.53. The fraction of sp³-hybridized carbons (Fsp3) is 0.278. The number of piperidine rings is 1. The number of hydrogen-bond acceptors (Lipinski definition) is 4. The van der Waals surface area contributed by atoms with Gasteiger partial charge in [-0.3, -0.25) is 0 Å². The number of hydrogen-bond donors (Lipinski definition) is 0. The number of rotatable bonds is 3. The topological polar surface area (TPSA) is 63.4 Å². The molecule has 136 valence electrons. The van der Waals surface area contributed by atoms with E-state index in [1.165, 1.54) is 4.31 Å². The predicted molar refractivity (Wildman–Crippen MR) is 101 cm³/mol. The van der Waals surface area contributed by atoms with Crippen molar-refractivity contribution < 1.29 is 12.8 Å². The van der Waals surface area contributed by atoms with Crippen molar-refractivity contribution in [3.05, 3.63) is 58.4 Å². The molecule has 5 nitrogen and oxygen atoms in total. The Morgan fingerprint density at radius 2 is 1.77 bits per heavy atom. The number of sulfonamides is 1. The molecule has 26 heavy (non-hydrogen) atoms. The molecule has 0 bridgehead atoms. The van der Waals surface area contributed by atoms with Crippen molar-refractivity contribution in [1.82, 2.24) is 9.29 Å². The minimum Gasteiger partial charge on any atom is -0.439 e. The number of aromatic nitrogens is 1. The molecule has 0 radical (unpaired) electrons. The minimum atomic E-state index is -3.46. The second kappa shape index (κ2) is 6.85. The van der Waals surface area contributed by atoms with E-state index in [9.17, 15) is 8.42 Å². The van der Waals surface area contributed by atoms with Gasteiger partial charge in [-0.05, 0) is 37.1 Å². The zero-order chi connectivity index (χ0) is 18.3. The highest BCUT2D eigenvalue weighted by atomic mass is 35.5. The first kappa shape index (κ1) is 17.8. The molecule has 0 amide bonds. The van der Waals surface area contributed by atoms with Crippen molar-refractivity contribution in [2.75, 3.05) is 13.1 Å². The molecule has 0 saturated carbocycles. The Kier molecular flexibility index (Phi) is 4.69. The van der Waals surface area contributed by atoms with Crippen LogP contribution in [0.25, 0.3) is 11.1 Å². The summed E-state index contributed by atoms with van der Waals surface area (Å²) >= 11 is 12.2. The number of fused-ring (bicyclic) bond motifs is 1. The molecule has 0 atom stereocenters. The first-order valence-corrected chi connectivity index (χ1v) is 10.5. The van der Waals surface area contributed by atoms with E-state index < -0.39 is 10.0 Å². The van der Waals surface area contributed by atoms with Crippen LogP contribution in [-0.4, -0.2) is 30.8 Å². The van der Waals surface area contributed by atoms with Gasteiger partial charge in [0.15, 0.2) is 11.5 Å². The number of nitrogens with zero attached hydrogens (tertiary/aromatic N) is 2. The van der Waals surface area contributed by atoms with Gasteiger partial charge in [0.2, 0.25) is 10.0 Å². The number of halogens is 2. The normalized spacial score (nSPS) is 17.0. The molecular weight excluding hydrogens is 395 g/mol. The fourth-order valence-corrected chi connectivity index (χ4v) is 5.25. The van der Waals surface area contributed by atoms with Crippen LogP contribution in [0, 0.1) is 0 Å². The monoisotopic (exact) mass is 410 g/mol. The summed E-state index contributed by atoms with van der Waals surface area (Å²) in [4.78, 5) is 4.82. The largest absolute Gasteiger partial charge is 0.439 e. The van der Waals surface area contributed by atoms with Gasteiger partial charge in [-0.2, -0.15) is 4.31 Å². The maximum Gasteiger partial charge on any atom is 0.243 e. The maximum atomic E-state index is 12.7. The molecule has 1 fully saturated rings. The molecule has 0 aliphatic carbocycles. The Hall–Kier alpha value is -1.60. The summed E-state index contributed by atoms with van der Waals surface area (Å²) in [5.74, 6) is 0.639. The summed E-state index contributed by atoms with van der Waals surface area (Å²) in [6.45, 7) is 0.851.